The second-order valence-electron chi connectivity index (χ2n) is 7.80. The lowest BCUT2D eigenvalue weighted by atomic mass is 9.85. The summed E-state index contributed by atoms with van der Waals surface area (Å²) in [5.41, 5.74) is 2.75. The second-order valence-corrected chi connectivity index (χ2v) is 7.80. The van der Waals surface area contributed by atoms with Crippen LogP contribution in [0.1, 0.15) is 49.3 Å². The molecule has 2 N–H and O–H groups in total. The highest BCUT2D eigenvalue weighted by molar-refractivity contribution is 5.21. The lowest BCUT2D eigenvalue weighted by molar-refractivity contribution is 0.183. The number of aromatic nitrogens is 2. The average Bonchev–Trinajstić information content (AvgIpc) is 3.15. The number of rotatable bonds is 6. The zero-order valence-electron chi connectivity index (χ0n) is 14.7. The Kier molecular flexibility index (Phi) is 5.72. The van der Waals surface area contributed by atoms with Crippen molar-refractivity contribution in [2.45, 2.75) is 44.6 Å². The summed E-state index contributed by atoms with van der Waals surface area (Å²) in [6, 6.07) is 0. The molecule has 1 saturated carbocycles. The summed E-state index contributed by atoms with van der Waals surface area (Å²) in [6.07, 6.45) is 8.72. The first-order valence-electron chi connectivity index (χ1n) is 9.17. The average molecular weight is 320 g/mol. The first kappa shape index (κ1) is 16.9. The summed E-state index contributed by atoms with van der Waals surface area (Å²) in [5, 5.41) is 17.3. The molecule has 2 atom stereocenters. The van der Waals surface area contributed by atoms with Crippen molar-refractivity contribution in [3.8, 4) is 0 Å². The fourth-order valence-electron chi connectivity index (χ4n) is 4.48. The van der Waals surface area contributed by atoms with Crippen molar-refractivity contribution in [2.75, 3.05) is 40.3 Å². The van der Waals surface area contributed by atoms with E-state index in [0.717, 1.165) is 26.2 Å². The van der Waals surface area contributed by atoms with Crippen LogP contribution in [0.15, 0.2) is 6.20 Å². The van der Waals surface area contributed by atoms with Gasteiger partial charge in [-0.1, -0.05) is 19.3 Å². The molecule has 130 valence electrons. The van der Waals surface area contributed by atoms with Crippen LogP contribution in [0.3, 0.4) is 0 Å². The quantitative estimate of drug-likeness (QED) is 0.842. The largest absolute Gasteiger partial charge is 0.396 e. The smallest absolute Gasteiger partial charge is 0.0535 e. The molecule has 1 saturated heterocycles. The number of aromatic amines is 1. The number of aliphatic hydroxyl groups excluding tert-OH is 1. The van der Waals surface area contributed by atoms with E-state index in [1.165, 1.54) is 43.4 Å². The number of hydrogen-bond acceptors (Lipinski definition) is 4. The van der Waals surface area contributed by atoms with Crippen LogP contribution in [0.2, 0.25) is 0 Å². The Morgan fingerprint density at radius 2 is 1.96 bits per heavy atom. The van der Waals surface area contributed by atoms with E-state index < -0.39 is 0 Å². The third-order valence-corrected chi connectivity index (χ3v) is 5.64. The number of likely N-dealkylation sites (tertiary alicyclic amines) is 1. The van der Waals surface area contributed by atoms with E-state index in [9.17, 15) is 5.11 Å². The van der Waals surface area contributed by atoms with Gasteiger partial charge in [0.15, 0.2) is 0 Å². The van der Waals surface area contributed by atoms with Crippen molar-refractivity contribution in [3.63, 3.8) is 0 Å². The molecular formula is C18H32N4O. The van der Waals surface area contributed by atoms with Gasteiger partial charge in [-0.05, 0) is 38.8 Å². The van der Waals surface area contributed by atoms with Gasteiger partial charge in [0.05, 0.1) is 6.20 Å². The molecule has 2 aliphatic rings. The van der Waals surface area contributed by atoms with E-state index in [0.29, 0.717) is 24.4 Å². The highest BCUT2D eigenvalue weighted by Gasteiger charge is 2.33. The molecule has 5 heteroatoms. The Labute approximate surface area is 140 Å². The van der Waals surface area contributed by atoms with E-state index in [1.54, 1.807) is 0 Å². The summed E-state index contributed by atoms with van der Waals surface area (Å²) in [6.45, 7) is 4.42. The van der Waals surface area contributed by atoms with Crippen LogP contribution in [0, 0.1) is 11.8 Å². The van der Waals surface area contributed by atoms with Gasteiger partial charge < -0.3 is 10.0 Å². The minimum atomic E-state index is 0.301. The van der Waals surface area contributed by atoms with Crippen LogP contribution in [0.4, 0.5) is 0 Å². The van der Waals surface area contributed by atoms with Crippen LogP contribution in [0.25, 0.3) is 0 Å². The van der Waals surface area contributed by atoms with Crippen molar-refractivity contribution in [1.29, 1.82) is 0 Å². The van der Waals surface area contributed by atoms with Crippen LogP contribution in [-0.2, 0) is 6.54 Å². The zero-order chi connectivity index (χ0) is 16.2. The number of nitrogens with zero attached hydrogens (tertiary/aromatic N) is 3. The Morgan fingerprint density at radius 1 is 1.22 bits per heavy atom. The van der Waals surface area contributed by atoms with Crippen molar-refractivity contribution in [3.05, 3.63) is 17.5 Å². The molecule has 0 amide bonds. The molecule has 23 heavy (non-hydrogen) atoms. The summed E-state index contributed by atoms with van der Waals surface area (Å²) in [5.74, 6) is 1.65. The normalized spacial score (nSPS) is 27.1. The van der Waals surface area contributed by atoms with Gasteiger partial charge in [0.2, 0.25) is 0 Å². The fraction of sp³-hybridized carbons (Fsp3) is 0.833. The zero-order valence-corrected chi connectivity index (χ0v) is 14.7. The van der Waals surface area contributed by atoms with Crippen molar-refractivity contribution in [1.82, 2.24) is 20.0 Å². The van der Waals surface area contributed by atoms with Gasteiger partial charge in [-0.25, -0.2) is 0 Å². The number of aliphatic hydroxyl groups is 1. The molecule has 2 fully saturated rings. The molecule has 3 rings (SSSR count). The van der Waals surface area contributed by atoms with Crippen LogP contribution >= 0.6 is 0 Å². The van der Waals surface area contributed by atoms with Gasteiger partial charge in [0, 0.05) is 50.0 Å². The molecule has 0 unspecified atom stereocenters. The van der Waals surface area contributed by atoms with E-state index in [-0.39, 0.29) is 0 Å². The van der Waals surface area contributed by atoms with Crippen LogP contribution in [-0.4, -0.2) is 65.4 Å². The molecule has 1 aliphatic carbocycles. The molecule has 2 heterocycles. The standard InChI is InChI=1S/C18H32N4O/c1-21(2)9-16-11-22(12-17(16)13-23)10-15-8-19-20-18(15)14-6-4-3-5-7-14/h8,14,16-17,23H,3-7,9-13H2,1-2H3,(H,19,20)/t16-,17-/m1/s1. The highest BCUT2D eigenvalue weighted by Crippen LogP contribution is 2.34. The SMILES string of the molecule is CN(C)C[C@@H]1CN(Cc2cn[nH]c2C2CCCCC2)C[C@@H]1CO. The third kappa shape index (κ3) is 4.14. The maximum absolute atomic E-state index is 9.69. The predicted molar refractivity (Wildman–Crippen MR) is 92.3 cm³/mol. The first-order valence-corrected chi connectivity index (χ1v) is 9.17. The molecule has 0 spiro atoms. The van der Waals surface area contributed by atoms with Gasteiger partial charge in [-0.2, -0.15) is 5.10 Å². The Morgan fingerprint density at radius 3 is 2.65 bits per heavy atom. The summed E-state index contributed by atoms with van der Waals surface area (Å²) in [7, 11) is 4.24. The van der Waals surface area contributed by atoms with Gasteiger partial charge in [-0.15, -0.1) is 0 Å². The van der Waals surface area contributed by atoms with E-state index in [2.05, 4.69) is 34.1 Å². The molecule has 1 aromatic heterocycles. The van der Waals surface area contributed by atoms with Gasteiger partial charge in [0.25, 0.3) is 0 Å². The van der Waals surface area contributed by atoms with E-state index in [1.807, 2.05) is 6.20 Å². The maximum Gasteiger partial charge on any atom is 0.0535 e. The number of hydrogen-bond donors (Lipinski definition) is 2. The summed E-state index contributed by atoms with van der Waals surface area (Å²) in [4.78, 5) is 4.74. The van der Waals surface area contributed by atoms with Gasteiger partial charge in [-0.3, -0.25) is 10.00 Å². The van der Waals surface area contributed by atoms with Crippen molar-refractivity contribution >= 4 is 0 Å². The van der Waals surface area contributed by atoms with Gasteiger partial charge in [0.1, 0.15) is 0 Å². The molecule has 1 aromatic rings. The monoisotopic (exact) mass is 320 g/mol. The number of H-pyrrole nitrogens is 1. The minimum absolute atomic E-state index is 0.301. The second kappa shape index (κ2) is 7.77. The molecule has 0 aromatic carbocycles. The Balaban J connectivity index is 1.62. The molecule has 0 radical (unpaired) electrons. The maximum atomic E-state index is 9.69. The van der Waals surface area contributed by atoms with E-state index >= 15 is 0 Å². The lowest BCUT2D eigenvalue weighted by Gasteiger charge is -2.23. The van der Waals surface area contributed by atoms with Crippen LogP contribution < -0.4 is 0 Å². The molecular weight excluding hydrogens is 288 g/mol. The Bertz CT molecular complexity index is 481. The predicted octanol–water partition coefficient (Wildman–Crippen LogP) is 2.06. The summed E-state index contributed by atoms with van der Waals surface area (Å²) >= 11 is 0. The Hall–Kier alpha value is -0.910. The van der Waals surface area contributed by atoms with Crippen LogP contribution in [0.5, 0.6) is 0 Å². The van der Waals surface area contributed by atoms with Crippen molar-refractivity contribution < 1.29 is 5.11 Å². The molecule has 0 bridgehead atoms. The fourth-order valence-corrected chi connectivity index (χ4v) is 4.48. The topological polar surface area (TPSA) is 55.4 Å². The molecule has 1 aliphatic heterocycles. The molecule has 5 nitrogen and oxygen atoms in total. The summed E-state index contributed by atoms with van der Waals surface area (Å²) < 4.78 is 0. The van der Waals surface area contributed by atoms with Gasteiger partial charge >= 0.3 is 0 Å². The number of nitrogens with one attached hydrogen (secondary N) is 1. The third-order valence-electron chi connectivity index (χ3n) is 5.64. The van der Waals surface area contributed by atoms with Crippen molar-refractivity contribution in [2.24, 2.45) is 11.8 Å². The first-order chi connectivity index (χ1) is 11.2. The highest BCUT2D eigenvalue weighted by atomic mass is 16.3. The minimum Gasteiger partial charge on any atom is -0.396 e. The lowest BCUT2D eigenvalue weighted by Crippen LogP contribution is -2.28. The van der Waals surface area contributed by atoms with E-state index in [4.69, 9.17) is 0 Å².